The van der Waals surface area contributed by atoms with Crippen molar-refractivity contribution >= 4 is 8.07 Å². The van der Waals surface area contributed by atoms with Gasteiger partial charge in [0.1, 0.15) is 0 Å². The van der Waals surface area contributed by atoms with Crippen LogP contribution in [0.25, 0.3) is 0 Å². The molecule has 0 aromatic heterocycles. The zero-order chi connectivity index (χ0) is 14.4. The Labute approximate surface area is 116 Å². The summed E-state index contributed by atoms with van der Waals surface area (Å²) in [5.74, 6) is 0. The third-order valence-corrected chi connectivity index (χ3v) is 12.6. The van der Waals surface area contributed by atoms with Gasteiger partial charge >= 0.3 is 0 Å². The van der Waals surface area contributed by atoms with Gasteiger partial charge in [0.2, 0.25) is 0 Å². The van der Waals surface area contributed by atoms with E-state index in [1.165, 1.54) is 12.5 Å². The van der Waals surface area contributed by atoms with Crippen molar-refractivity contribution in [2.45, 2.75) is 84.0 Å². The molecule has 0 rings (SSSR count). The highest BCUT2D eigenvalue weighted by Crippen LogP contribution is 2.52. The molecule has 0 amide bonds. The summed E-state index contributed by atoms with van der Waals surface area (Å²) >= 11 is 0. The van der Waals surface area contributed by atoms with E-state index in [0.717, 1.165) is 17.7 Å². The van der Waals surface area contributed by atoms with Crippen LogP contribution >= 0.6 is 0 Å². The van der Waals surface area contributed by atoms with Crippen molar-refractivity contribution in [2.24, 2.45) is 0 Å². The van der Waals surface area contributed by atoms with Gasteiger partial charge in [-0.2, -0.15) is 0 Å². The fourth-order valence-electron chi connectivity index (χ4n) is 3.96. The van der Waals surface area contributed by atoms with Gasteiger partial charge < -0.3 is 4.74 Å². The highest BCUT2D eigenvalue weighted by Gasteiger charge is 2.48. The minimum atomic E-state index is -1.32. The molecule has 0 aromatic carbocycles. The molecule has 0 aromatic rings. The highest BCUT2D eigenvalue weighted by atomic mass is 28.3. The first-order chi connectivity index (χ1) is 8.20. The van der Waals surface area contributed by atoms with E-state index in [1.807, 2.05) is 19.3 Å². The maximum absolute atomic E-state index is 5.49. The predicted molar refractivity (Wildman–Crippen MR) is 85.9 cm³/mol. The minimum Gasteiger partial charge on any atom is -0.502 e. The maximum atomic E-state index is 5.49. The van der Waals surface area contributed by atoms with Crippen molar-refractivity contribution in [1.82, 2.24) is 0 Å². The standard InChI is InChI=1S/C16H34OSi/c1-9-11-17-12-10-13-18(14(2)3,15(4)5)16(6,7)8/h9,11,14-15H,10,12-13H2,1-8H3. The molecule has 0 radical (unpaired) electrons. The number of ether oxygens (including phenoxy) is 1. The van der Waals surface area contributed by atoms with Crippen LogP contribution in [0.1, 0.15) is 61.8 Å². The van der Waals surface area contributed by atoms with Crippen LogP contribution in [0.4, 0.5) is 0 Å². The van der Waals surface area contributed by atoms with Crippen molar-refractivity contribution < 1.29 is 4.74 Å². The second-order valence-corrected chi connectivity index (χ2v) is 13.4. The molecule has 0 saturated heterocycles. The van der Waals surface area contributed by atoms with Crippen LogP contribution in [0, 0.1) is 0 Å². The van der Waals surface area contributed by atoms with Crippen LogP contribution in [-0.4, -0.2) is 14.7 Å². The number of hydrogen-bond acceptors (Lipinski definition) is 1. The topological polar surface area (TPSA) is 9.23 Å². The van der Waals surface area contributed by atoms with Crippen LogP contribution in [0.2, 0.25) is 22.2 Å². The molecule has 1 nitrogen and oxygen atoms in total. The lowest BCUT2D eigenvalue weighted by molar-refractivity contribution is 0.248. The lowest BCUT2D eigenvalue weighted by atomic mass is 10.2. The van der Waals surface area contributed by atoms with E-state index in [2.05, 4.69) is 48.5 Å². The highest BCUT2D eigenvalue weighted by molar-refractivity contribution is 6.84. The predicted octanol–water partition coefficient (Wildman–Crippen LogP) is 6.00. The Hall–Kier alpha value is -0.243. The first-order valence-electron chi connectivity index (χ1n) is 7.43. The van der Waals surface area contributed by atoms with E-state index < -0.39 is 8.07 Å². The minimum absolute atomic E-state index is 0.468. The molecule has 0 fully saturated rings. The molecule has 0 N–H and O–H groups in total. The third-order valence-electron chi connectivity index (χ3n) is 4.54. The van der Waals surface area contributed by atoms with Gasteiger partial charge in [-0.3, -0.25) is 0 Å². The van der Waals surface area contributed by atoms with Crippen LogP contribution < -0.4 is 0 Å². The normalized spacial score (nSPS) is 13.9. The molecule has 0 aliphatic carbocycles. The van der Waals surface area contributed by atoms with Gasteiger partial charge in [0, 0.05) is 0 Å². The summed E-state index contributed by atoms with van der Waals surface area (Å²) in [5.41, 5.74) is 1.67. The quantitative estimate of drug-likeness (QED) is 0.313. The van der Waals surface area contributed by atoms with Crippen LogP contribution in [0.3, 0.4) is 0 Å². The number of allylic oxidation sites excluding steroid dienone is 1. The maximum Gasteiger partial charge on any atom is 0.0870 e. The van der Waals surface area contributed by atoms with E-state index in [-0.39, 0.29) is 0 Å². The second kappa shape index (κ2) is 7.37. The van der Waals surface area contributed by atoms with E-state index >= 15 is 0 Å². The fourth-order valence-corrected chi connectivity index (χ4v) is 11.4. The smallest absolute Gasteiger partial charge is 0.0870 e. The number of hydrogen-bond donors (Lipinski definition) is 0. The summed E-state index contributed by atoms with van der Waals surface area (Å²) in [6.45, 7) is 20.0. The molecule has 0 heterocycles. The molecule has 0 spiro atoms. The summed E-state index contributed by atoms with van der Waals surface area (Å²) in [7, 11) is -1.32. The molecular weight excluding hydrogens is 236 g/mol. The van der Waals surface area contributed by atoms with Gasteiger partial charge in [-0.05, 0) is 18.4 Å². The van der Waals surface area contributed by atoms with E-state index in [9.17, 15) is 0 Å². The molecular formula is C16H34OSi. The Kier molecular flexibility index (Phi) is 7.27. The largest absolute Gasteiger partial charge is 0.502 e. The van der Waals surface area contributed by atoms with E-state index in [1.54, 1.807) is 0 Å². The Morgan fingerprint density at radius 3 is 1.89 bits per heavy atom. The summed E-state index contributed by atoms with van der Waals surface area (Å²) in [5, 5.41) is 0.468. The molecule has 0 saturated carbocycles. The molecule has 0 atom stereocenters. The summed E-state index contributed by atoms with van der Waals surface area (Å²) < 4.78 is 5.49. The third kappa shape index (κ3) is 4.15. The lowest BCUT2D eigenvalue weighted by Gasteiger charge is -2.50. The zero-order valence-electron chi connectivity index (χ0n) is 13.8. The van der Waals surface area contributed by atoms with Crippen molar-refractivity contribution in [3.05, 3.63) is 12.3 Å². The molecule has 108 valence electrons. The molecule has 18 heavy (non-hydrogen) atoms. The fraction of sp³-hybridized carbons (Fsp3) is 0.875. The molecule has 0 bridgehead atoms. The van der Waals surface area contributed by atoms with Gasteiger partial charge in [-0.1, -0.05) is 71.7 Å². The van der Waals surface area contributed by atoms with Crippen molar-refractivity contribution in [2.75, 3.05) is 6.61 Å². The van der Waals surface area contributed by atoms with Gasteiger partial charge in [0.15, 0.2) is 0 Å². The Bertz CT molecular complexity index is 240. The zero-order valence-corrected chi connectivity index (χ0v) is 14.8. The monoisotopic (exact) mass is 270 g/mol. The molecule has 0 unspecified atom stereocenters. The van der Waals surface area contributed by atoms with Crippen LogP contribution in [-0.2, 0) is 4.74 Å². The van der Waals surface area contributed by atoms with Crippen molar-refractivity contribution in [3.63, 3.8) is 0 Å². The Balaban J connectivity index is 4.77. The average Bonchev–Trinajstić information content (AvgIpc) is 2.20. The molecule has 0 aliphatic heterocycles. The molecule has 0 aliphatic rings. The second-order valence-electron chi connectivity index (χ2n) is 7.04. The summed E-state index contributed by atoms with van der Waals surface area (Å²) in [6, 6.07) is 1.38. The van der Waals surface area contributed by atoms with Crippen LogP contribution in [0.15, 0.2) is 12.3 Å². The van der Waals surface area contributed by atoms with E-state index in [4.69, 9.17) is 4.74 Å². The Morgan fingerprint density at radius 1 is 1.06 bits per heavy atom. The SMILES string of the molecule is CC=COCCC[Si](C(C)C)(C(C)C)C(C)(C)C. The Morgan fingerprint density at radius 2 is 1.56 bits per heavy atom. The summed E-state index contributed by atoms with van der Waals surface area (Å²) in [4.78, 5) is 0. The van der Waals surface area contributed by atoms with Gasteiger partial charge in [0.05, 0.1) is 20.9 Å². The summed E-state index contributed by atoms with van der Waals surface area (Å²) in [6.07, 6.45) is 4.97. The lowest BCUT2D eigenvalue weighted by Crippen LogP contribution is -2.49. The van der Waals surface area contributed by atoms with Gasteiger partial charge in [0.25, 0.3) is 0 Å². The van der Waals surface area contributed by atoms with Gasteiger partial charge in [-0.15, -0.1) is 0 Å². The van der Waals surface area contributed by atoms with Crippen molar-refractivity contribution in [1.29, 1.82) is 0 Å². The first kappa shape index (κ1) is 17.8. The average molecular weight is 271 g/mol. The van der Waals surface area contributed by atoms with E-state index in [0.29, 0.717) is 5.04 Å². The molecule has 2 heteroatoms. The first-order valence-corrected chi connectivity index (χ1v) is 9.79. The van der Waals surface area contributed by atoms with Gasteiger partial charge in [-0.25, -0.2) is 0 Å². The van der Waals surface area contributed by atoms with Crippen LogP contribution in [0.5, 0.6) is 0 Å². The number of rotatable bonds is 7. The van der Waals surface area contributed by atoms with Crippen molar-refractivity contribution in [3.8, 4) is 0 Å².